The Morgan fingerprint density at radius 1 is 1.27 bits per heavy atom. The first-order chi connectivity index (χ1) is 10.3. The van der Waals surface area contributed by atoms with Gasteiger partial charge in [-0.25, -0.2) is 13.4 Å². The van der Waals surface area contributed by atoms with Crippen molar-refractivity contribution in [1.29, 1.82) is 0 Å². The van der Waals surface area contributed by atoms with Crippen LogP contribution in [0.5, 0.6) is 0 Å². The Labute approximate surface area is 125 Å². The first-order valence-corrected chi connectivity index (χ1v) is 8.06. The minimum absolute atomic E-state index is 0.290. The molecular weight excluding hydrogens is 319 g/mol. The summed E-state index contributed by atoms with van der Waals surface area (Å²) < 4.78 is 63.7. The number of halogens is 3. The minimum atomic E-state index is -4.35. The Morgan fingerprint density at radius 3 is 2.68 bits per heavy atom. The van der Waals surface area contributed by atoms with Crippen LogP contribution in [0, 0.1) is 0 Å². The largest absolute Gasteiger partial charge is 0.389 e. The summed E-state index contributed by atoms with van der Waals surface area (Å²) in [4.78, 5) is 3.88. The molecule has 1 aromatic heterocycles. The summed E-state index contributed by atoms with van der Waals surface area (Å²) in [5, 5.41) is 0. The van der Waals surface area contributed by atoms with Crippen molar-refractivity contribution in [1.82, 2.24) is 9.55 Å². The first-order valence-electron chi connectivity index (χ1n) is 6.41. The van der Waals surface area contributed by atoms with E-state index in [1.165, 1.54) is 6.07 Å². The van der Waals surface area contributed by atoms with E-state index in [0.29, 0.717) is 11.4 Å². The van der Waals surface area contributed by atoms with Crippen LogP contribution in [-0.2, 0) is 10.0 Å². The third kappa shape index (κ3) is 5.06. The molecule has 2 aromatic rings. The second kappa shape index (κ2) is 6.39. The van der Waals surface area contributed by atoms with Crippen LogP contribution >= 0.6 is 0 Å². The van der Waals surface area contributed by atoms with E-state index >= 15 is 0 Å². The Kier molecular flexibility index (Phi) is 4.74. The van der Waals surface area contributed by atoms with Crippen molar-refractivity contribution < 1.29 is 21.6 Å². The molecule has 0 spiro atoms. The van der Waals surface area contributed by atoms with Crippen molar-refractivity contribution in [2.24, 2.45) is 0 Å². The number of benzene rings is 1. The lowest BCUT2D eigenvalue weighted by Gasteiger charge is -2.10. The average molecular weight is 333 g/mol. The smallest absolute Gasteiger partial charge is 0.306 e. The summed E-state index contributed by atoms with van der Waals surface area (Å²) in [7, 11) is -3.82. The zero-order chi connectivity index (χ0) is 16.2. The molecule has 0 saturated heterocycles. The number of sulfonamides is 1. The molecule has 1 N–H and O–H groups in total. The average Bonchev–Trinajstić information content (AvgIpc) is 2.90. The minimum Gasteiger partial charge on any atom is -0.306 e. The molecule has 0 aliphatic carbocycles. The summed E-state index contributed by atoms with van der Waals surface area (Å²) >= 11 is 0. The van der Waals surface area contributed by atoms with Crippen molar-refractivity contribution in [3.05, 3.63) is 43.0 Å². The highest BCUT2D eigenvalue weighted by atomic mass is 32.2. The van der Waals surface area contributed by atoms with Gasteiger partial charge in [0.15, 0.2) is 0 Å². The van der Waals surface area contributed by atoms with Crippen molar-refractivity contribution in [2.75, 3.05) is 10.5 Å². The molecular formula is C13H14F3N3O2S. The van der Waals surface area contributed by atoms with E-state index in [9.17, 15) is 21.6 Å². The predicted molar refractivity (Wildman–Crippen MR) is 76.3 cm³/mol. The Morgan fingerprint density at radius 2 is 2.05 bits per heavy atom. The first kappa shape index (κ1) is 16.3. The molecule has 0 radical (unpaired) electrons. The molecule has 0 saturated carbocycles. The standard InChI is InChI=1S/C13H14F3N3O2S/c14-13(15,16)5-2-8-22(20,21)18-11-3-1-4-12(9-11)19-7-6-17-10-19/h1,3-4,6-7,9-10,18H,2,5,8H2. The summed E-state index contributed by atoms with van der Waals surface area (Å²) in [6, 6.07) is 6.50. The van der Waals surface area contributed by atoms with E-state index in [1.54, 1.807) is 41.5 Å². The third-order valence-corrected chi connectivity index (χ3v) is 4.17. The molecule has 22 heavy (non-hydrogen) atoms. The molecule has 0 aliphatic rings. The maximum absolute atomic E-state index is 12.0. The van der Waals surface area contributed by atoms with E-state index < -0.39 is 34.8 Å². The normalized spacial score (nSPS) is 12.3. The molecule has 0 atom stereocenters. The van der Waals surface area contributed by atoms with Gasteiger partial charge in [-0.3, -0.25) is 4.72 Å². The number of alkyl halides is 3. The van der Waals surface area contributed by atoms with Crippen LogP contribution < -0.4 is 4.72 Å². The molecule has 0 unspecified atom stereocenters. The number of hydrogen-bond acceptors (Lipinski definition) is 3. The Balaban J connectivity index is 2.02. The van der Waals surface area contributed by atoms with E-state index in [4.69, 9.17) is 0 Å². The van der Waals surface area contributed by atoms with Gasteiger partial charge in [-0.15, -0.1) is 0 Å². The highest BCUT2D eigenvalue weighted by Gasteiger charge is 2.27. The second-order valence-electron chi connectivity index (χ2n) is 4.66. The van der Waals surface area contributed by atoms with Crippen LogP contribution in [0.4, 0.5) is 18.9 Å². The van der Waals surface area contributed by atoms with Crippen LogP contribution in [0.15, 0.2) is 43.0 Å². The number of rotatable bonds is 6. The van der Waals surface area contributed by atoms with Gasteiger partial charge < -0.3 is 4.57 Å². The number of hydrogen-bond donors (Lipinski definition) is 1. The van der Waals surface area contributed by atoms with Crippen LogP contribution in [0.25, 0.3) is 5.69 Å². The van der Waals surface area contributed by atoms with E-state index in [-0.39, 0.29) is 0 Å². The fourth-order valence-corrected chi connectivity index (χ4v) is 2.95. The lowest BCUT2D eigenvalue weighted by atomic mass is 10.3. The van der Waals surface area contributed by atoms with Gasteiger partial charge in [0.1, 0.15) is 0 Å². The lowest BCUT2D eigenvalue weighted by molar-refractivity contribution is -0.134. The number of anilines is 1. The van der Waals surface area contributed by atoms with E-state index in [2.05, 4.69) is 9.71 Å². The monoisotopic (exact) mass is 333 g/mol. The fourth-order valence-electron chi connectivity index (χ4n) is 1.84. The molecule has 0 bridgehead atoms. The van der Waals surface area contributed by atoms with Crippen LogP contribution in [0.1, 0.15) is 12.8 Å². The van der Waals surface area contributed by atoms with Crippen molar-refractivity contribution in [3.8, 4) is 5.69 Å². The molecule has 0 fully saturated rings. The van der Waals surface area contributed by atoms with Gasteiger partial charge in [-0.2, -0.15) is 13.2 Å². The summed E-state index contributed by atoms with van der Waals surface area (Å²) in [6.07, 6.45) is -1.12. The van der Waals surface area contributed by atoms with E-state index in [1.807, 2.05) is 0 Å². The second-order valence-corrected chi connectivity index (χ2v) is 6.50. The quantitative estimate of drug-likeness (QED) is 0.884. The van der Waals surface area contributed by atoms with Crippen molar-refractivity contribution >= 4 is 15.7 Å². The van der Waals surface area contributed by atoms with Crippen LogP contribution in [0.2, 0.25) is 0 Å². The summed E-state index contributed by atoms with van der Waals surface area (Å²) in [5.41, 5.74) is 0.978. The molecule has 2 rings (SSSR count). The Bertz CT molecular complexity index is 712. The highest BCUT2D eigenvalue weighted by Crippen LogP contribution is 2.22. The molecule has 9 heteroatoms. The third-order valence-electron chi connectivity index (χ3n) is 2.80. The predicted octanol–water partition coefficient (Wildman–Crippen LogP) is 2.96. The maximum Gasteiger partial charge on any atom is 0.389 e. The molecule has 0 amide bonds. The molecule has 1 aromatic carbocycles. The zero-order valence-corrected chi connectivity index (χ0v) is 12.2. The van der Waals surface area contributed by atoms with Crippen LogP contribution in [-0.4, -0.2) is 29.9 Å². The number of nitrogens with one attached hydrogen (secondary N) is 1. The van der Waals surface area contributed by atoms with Gasteiger partial charge in [-0.1, -0.05) is 6.07 Å². The summed E-state index contributed by atoms with van der Waals surface area (Å²) in [5.74, 6) is -0.582. The number of aromatic nitrogens is 2. The van der Waals surface area contributed by atoms with Crippen LogP contribution in [0.3, 0.4) is 0 Å². The fraction of sp³-hybridized carbons (Fsp3) is 0.308. The maximum atomic E-state index is 12.0. The highest BCUT2D eigenvalue weighted by molar-refractivity contribution is 7.92. The van der Waals surface area contributed by atoms with Crippen molar-refractivity contribution in [3.63, 3.8) is 0 Å². The van der Waals surface area contributed by atoms with Gasteiger partial charge in [0.2, 0.25) is 10.0 Å². The topological polar surface area (TPSA) is 64.0 Å². The SMILES string of the molecule is O=S(=O)(CCCC(F)(F)F)Nc1cccc(-n2ccnc2)c1. The number of nitrogens with zero attached hydrogens (tertiary/aromatic N) is 2. The molecule has 1 heterocycles. The summed E-state index contributed by atoms with van der Waals surface area (Å²) in [6.45, 7) is 0. The van der Waals surface area contributed by atoms with Gasteiger partial charge in [-0.05, 0) is 24.6 Å². The lowest BCUT2D eigenvalue weighted by Crippen LogP contribution is -2.19. The van der Waals surface area contributed by atoms with Gasteiger partial charge >= 0.3 is 6.18 Å². The van der Waals surface area contributed by atoms with E-state index in [0.717, 1.165) is 0 Å². The van der Waals surface area contributed by atoms with Gasteiger partial charge in [0.25, 0.3) is 0 Å². The van der Waals surface area contributed by atoms with Gasteiger partial charge in [0, 0.05) is 24.5 Å². The van der Waals surface area contributed by atoms with Crippen molar-refractivity contribution in [2.45, 2.75) is 19.0 Å². The molecule has 0 aliphatic heterocycles. The molecule has 120 valence electrons. The zero-order valence-electron chi connectivity index (χ0n) is 11.4. The number of imidazole rings is 1. The molecule has 5 nitrogen and oxygen atoms in total. The van der Waals surface area contributed by atoms with Gasteiger partial charge in [0.05, 0.1) is 17.8 Å². The Hall–Kier alpha value is -2.03.